The maximum atomic E-state index is 12.1. The number of amides is 1. The van der Waals surface area contributed by atoms with Gasteiger partial charge < -0.3 is 4.74 Å². The van der Waals surface area contributed by atoms with Gasteiger partial charge >= 0.3 is 6.61 Å². The van der Waals surface area contributed by atoms with Crippen molar-refractivity contribution in [3.05, 3.63) is 65.2 Å². The van der Waals surface area contributed by atoms with E-state index in [1.807, 2.05) is 19.1 Å². The van der Waals surface area contributed by atoms with Crippen LogP contribution in [0.25, 0.3) is 0 Å². The molecule has 0 bridgehead atoms. The fourth-order valence-corrected chi connectivity index (χ4v) is 2.32. The Kier molecular flexibility index (Phi) is 7.26. The van der Waals surface area contributed by atoms with Gasteiger partial charge in [0.15, 0.2) is 0 Å². The topological polar surface area (TPSA) is 50.7 Å². The molecule has 0 unspecified atom stereocenters. The van der Waals surface area contributed by atoms with Crippen molar-refractivity contribution in [3.63, 3.8) is 0 Å². The van der Waals surface area contributed by atoms with E-state index in [1.165, 1.54) is 17.7 Å². The van der Waals surface area contributed by atoms with Crippen molar-refractivity contribution in [2.24, 2.45) is 5.10 Å². The fourth-order valence-electron chi connectivity index (χ4n) is 2.32. The third-order valence-corrected chi connectivity index (χ3v) is 3.90. The van der Waals surface area contributed by atoms with E-state index in [1.54, 1.807) is 24.3 Å². The lowest BCUT2D eigenvalue weighted by atomic mass is 10.1. The van der Waals surface area contributed by atoms with Crippen molar-refractivity contribution < 1.29 is 18.3 Å². The SMILES string of the molecule is CCc1ccc(C(=O)N/N=C(/C)CCc2ccc(OC(F)F)cc2)cc1. The van der Waals surface area contributed by atoms with Gasteiger partial charge in [0.05, 0.1) is 0 Å². The Morgan fingerprint density at radius 3 is 2.27 bits per heavy atom. The molecule has 0 radical (unpaired) electrons. The Morgan fingerprint density at radius 2 is 1.69 bits per heavy atom. The molecule has 1 N–H and O–H groups in total. The van der Waals surface area contributed by atoms with Gasteiger partial charge in [-0.05, 0) is 61.6 Å². The number of aryl methyl sites for hydroxylation is 2. The molecule has 0 aliphatic carbocycles. The number of carbonyl (C=O) groups excluding carboxylic acids is 1. The van der Waals surface area contributed by atoms with Crippen molar-refractivity contribution in [1.29, 1.82) is 0 Å². The molecule has 0 aliphatic rings. The second-order valence-corrected chi connectivity index (χ2v) is 5.86. The smallest absolute Gasteiger partial charge is 0.387 e. The molecule has 0 saturated carbocycles. The summed E-state index contributed by atoms with van der Waals surface area (Å²) < 4.78 is 28.5. The number of rotatable bonds is 8. The molecule has 0 atom stereocenters. The maximum Gasteiger partial charge on any atom is 0.387 e. The molecule has 138 valence electrons. The highest BCUT2D eigenvalue weighted by Crippen LogP contribution is 2.16. The van der Waals surface area contributed by atoms with Crippen molar-refractivity contribution in [1.82, 2.24) is 5.43 Å². The summed E-state index contributed by atoms with van der Waals surface area (Å²) in [5, 5.41) is 4.11. The number of nitrogens with zero attached hydrogens (tertiary/aromatic N) is 1. The first-order chi connectivity index (χ1) is 12.5. The van der Waals surface area contributed by atoms with Crippen LogP contribution in [-0.4, -0.2) is 18.2 Å². The molecular formula is C20H22F2N2O2. The first kappa shape index (κ1) is 19.6. The van der Waals surface area contributed by atoms with E-state index in [0.29, 0.717) is 18.4 Å². The zero-order valence-corrected chi connectivity index (χ0v) is 14.8. The van der Waals surface area contributed by atoms with Gasteiger partial charge in [-0.3, -0.25) is 4.79 Å². The molecule has 0 spiro atoms. The number of hydrogen-bond acceptors (Lipinski definition) is 3. The standard InChI is InChI=1S/C20H22F2N2O2/c1-3-15-6-10-17(11-7-15)19(25)24-23-14(2)4-5-16-8-12-18(13-9-16)26-20(21)22/h6-13,20H,3-5H2,1-2H3,(H,24,25)/b23-14-. The van der Waals surface area contributed by atoms with E-state index < -0.39 is 6.61 Å². The average molecular weight is 360 g/mol. The summed E-state index contributed by atoms with van der Waals surface area (Å²) in [6.07, 6.45) is 2.25. The molecule has 0 saturated heterocycles. The minimum absolute atomic E-state index is 0.135. The molecule has 4 nitrogen and oxygen atoms in total. The van der Waals surface area contributed by atoms with Gasteiger partial charge in [0.25, 0.3) is 5.91 Å². The molecule has 1 amide bonds. The van der Waals surface area contributed by atoms with Crippen molar-refractivity contribution in [2.45, 2.75) is 39.7 Å². The number of nitrogens with one attached hydrogen (secondary N) is 1. The Labute approximate surface area is 151 Å². The van der Waals surface area contributed by atoms with E-state index in [2.05, 4.69) is 22.2 Å². The van der Waals surface area contributed by atoms with E-state index in [4.69, 9.17) is 0 Å². The first-order valence-electron chi connectivity index (χ1n) is 8.44. The van der Waals surface area contributed by atoms with E-state index in [9.17, 15) is 13.6 Å². The van der Waals surface area contributed by atoms with Crippen molar-refractivity contribution >= 4 is 11.6 Å². The first-order valence-corrected chi connectivity index (χ1v) is 8.44. The minimum atomic E-state index is -2.82. The Bertz CT molecular complexity index is 741. The number of ether oxygens (including phenoxy) is 1. The molecule has 2 aromatic rings. The number of alkyl halides is 2. The number of hydrazone groups is 1. The van der Waals surface area contributed by atoms with E-state index in [-0.39, 0.29) is 11.7 Å². The number of benzene rings is 2. The minimum Gasteiger partial charge on any atom is -0.435 e. The van der Waals surface area contributed by atoms with Gasteiger partial charge in [0, 0.05) is 11.3 Å². The lowest BCUT2D eigenvalue weighted by Gasteiger charge is -2.06. The fraction of sp³-hybridized carbons (Fsp3) is 0.300. The van der Waals surface area contributed by atoms with E-state index in [0.717, 1.165) is 17.7 Å². The highest BCUT2D eigenvalue weighted by atomic mass is 19.3. The number of halogens is 2. The van der Waals surface area contributed by atoms with Gasteiger partial charge in [-0.2, -0.15) is 13.9 Å². The largest absolute Gasteiger partial charge is 0.435 e. The van der Waals surface area contributed by atoms with Gasteiger partial charge in [0.2, 0.25) is 0 Å². The average Bonchev–Trinajstić information content (AvgIpc) is 2.65. The maximum absolute atomic E-state index is 12.1. The normalized spacial score (nSPS) is 11.5. The third kappa shape index (κ3) is 6.27. The summed E-state index contributed by atoms with van der Waals surface area (Å²) in [6.45, 7) is 1.06. The van der Waals surface area contributed by atoms with Gasteiger partial charge in [0.1, 0.15) is 5.75 Å². The number of carbonyl (C=O) groups is 1. The van der Waals surface area contributed by atoms with Crippen LogP contribution in [0.1, 0.15) is 41.8 Å². The molecule has 0 aromatic heterocycles. The summed E-state index contributed by atoms with van der Waals surface area (Å²) in [4.78, 5) is 12.1. The van der Waals surface area contributed by atoms with Crippen LogP contribution in [0.3, 0.4) is 0 Å². The van der Waals surface area contributed by atoms with Crippen LogP contribution in [0, 0.1) is 0 Å². The molecule has 6 heteroatoms. The summed E-state index contributed by atoms with van der Waals surface area (Å²) in [6, 6.07) is 13.9. The molecule has 2 rings (SSSR count). The van der Waals surface area contributed by atoms with Crippen LogP contribution in [0.2, 0.25) is 0 Å². The number of hydrogen-bond donors (Lipinski definition) is 1. The highest BCUT2D eigenvalue weighted by Gasteiger charge is 2.05. The van der Waals surface area contributed by atoms with Gasteiger partial charge in [-0.25, -0.2) is 5.43 Å². The van der Waals surface area contributed by atoms with E-state index >= 15 is 0 Å². The summed E-state index contributed by atoms with van der Waals surface area (Å²) in [7, 11) is 0. The van der Waals surface area contributed by atoms with Crippen LogP contribution in [-0.2, 0) is 12.8 Å². The lowest BCUT2D eigenvalue weighted by Crippen LogP contribution is -2.19. The van der Waals surface area contributed by atoms with Crippen LogP contribution in [0.4, 0.5) is 8.78 Å². The second-order valence-electron chi connectivity index (χ2n) is 5.86. The van der Waals surface area contributed by atoms with Crippen LogP contribution >= 0.6 is 0 Å². The van der Waals surface area contributed by atoms with Crippen LogP contribution in [0.5, 0.6) is 5.75 Å². The highest BCUT2D eigenvalue weighted by molar-refractivity contribution is 5.95. The third-order valence-electron chi connectivity index (χ3n) is 3.90. The van der Waals surface area contributed by atoms with Crippen molar-refractivity contribution in [2.75, 3.05) is 0 Å². The predicted molar refractivity (Wildman–Crippen MR) is 97.8 cm³/mol. The Hall–Kier alpha value is -2.76. The molecule has 2 aromatic carbocycles. The zero-order chi connectivity index (χ0) is 18.9. The summed E-state index contributed by atoms with van der Waals surface area (Å²) in [5.74, 6) is -0.115. The van der Waals surface area contributed by atoms with Crippen molar-refractivity contribution in [3.8, 4) is 5.75 Å². The zero-order valence-electron chi connectivity index (χ0n) is 14.8. The Morgan fingerprint density at radius 1 is 1.08 bits per heavy atom. The predicted octanol–water partition coefficient (Wildman–Crippen LogP) is 4.59. The quantitative estimate of drug-likeness (QED) is 0.553. The van der Waals surface area contributed by atoms with Crippen LogP contribution < -0.4 is 10.2 Å². The molecule has 0 fully saturated rings. The summed E-state index contributed by atoms with van der Waals surface area (Å²) >= 11 is 0. The molecule has 0 aliphatic heterocycles. The van der Waals surface area contributed by atoms with Gasteiger partial charge in [-0.15, -0.1) is 0 Å². The second kappa shape index (κ2) is 9.65. The Balaban J connectivity index is 1.82. The molecule has 0 heterocycles. The summed E-state index contributed by atoms with van der Waals surface area (Å²) in [5.41, 5.74) is 6.03. The lowest BCUT2D eigenvalue weighted by molar-refractivity contribution is -0.0498. The molecular weight excluding hydrogens is 338 g/mol. The van der Waals surface area contributed by atoms with Gasteiger partial charge in [-0.1, -0.05) is 31.2 Å². The monoisotopic (exact) mass is 360 g/mol. The van der Waals surface area contributed by atoms with Crippen LogP contribution in [0.15, 0.2) is 53.6 Å². The molecule has 26 heavy (non-hydrogen) atoms.